The number of carbonyl (C=O) groups excluding carboxylic acids is 1. The molecule has 5 heteroatoms. The first-order valence-electron chi connectivity index (χ1n) is 4.68. The third-order valence-electron chi connectivity index (χ3n) is 2.32. The molecule has 0 spiro atoms. The summed E-state index contributed by atoms with van der Waals surface area (Å²) in [7, 11) is 3.02. The van der Waals surface area contributed by atoms with E-state index < -0.39 is 5.41 Å². The van der Waals surface area contributed by atoms with E-state index in [2.05, 4.69) is 4.74 Å². The molecule has 0 saturated heterocycles. The van der Waals surface area contributed by atoms with Gasteiger partial charge < -0.3 is 9.30 Å². The van der Waals surface area contributed by atoms with Gasteiger partial charge in [-0.25, -0.2) is 4.79 Å². The van der Waals surface area contributed by atoms with Crippen molar-refractivity contribution in [1.82, 2.24) is 9.13 Å². The Morgan fingerprint density at radius 2 is 2.07 bits per heavy atom. The highest BCUT2D eigenvalue weighted by molar-refractivity contribution is 5.75. The molecule has 0 aliphatic carbocycles. The van der Waals surface area contributed by atoms with Gasteiger partial charge in [-0.2, -0.15) is 0 Å². The Morgan fingerprint density at radius 1 is 1.47 bits per heavy atom. The number of ether oxygens (including phenoxy) is 1. The molecule has 1 heterocycles. The van der Waals surface area contributed by atoms with Crippen LogP contribution in [0, 0.1) is 5.41 Å². The molecular weight excluding hydrogens is 196 g/mol. The summed E-state index contributed by atoms with van der Waals surface area (Å²) in [6.07, 6.45) is 3.32. The maximum Gasteiger partial charge on any atom is 0.327 e. The SMILES string of the molecule is COC(=O)C(C)(C)Cn1ccn(C)c1=O. The first-order valence-corrected chi connectivity index (χ1v) is 4.68. The quantitative estimate of drug-likeness (QED) is 0.681. The molecule has 1 aromatic heterocycles. The number of methoxy groups -OCH3 is 1. The molecule has 0 radical (unpaired) electrons. The van der Waals surface area contributed by atoms with Crippen LogP contribution < -0.4 is 5.69 Å². The van der Waals surface area contributed by atoms with Gasteiger partial charge in [-0.3, -0.25) is 9.36 Å². The Balaban J connectivity index is 2.91. The molecule has 0 saturated carbocycles. The van der Waals surface area contributed by atoms with E-state index in [4.69, 9.17) is 0 Å². The lowest BCUT2D eigenvalue weighted by Gasteiger charge is -2.21. The number of hydrogen-bond acceptors (Lipinski definition) is 3. The zero-order chi connectivity index (χ0) is 11.6. The smallest absolute Gasteiger partial charge is 0.327 e. The molecule has 0 bridgehead atoms. The summed E-state index contributed by atoms with van der Waals surface area (Å²) in [6.45, 7) is 3.82. The topological polar surface area (TPSA) is 53.2 Å². The van der Waals surface area contributed by atoms with Crippen LogP contribution in [-0.2, 0) is 23.1 Å². The molecule has 0 atom stereocenters. The van der Waals surface area contributed by atoms with Crippen LogP contribution in [0.2, 0.25) is 0 Å². The zero-order valence-electron chi connectivity index (χ0n) is 9.48. The van der Waals surface area contributed by atoms with Crippen LogP contribution >= 0.6 is 0 Å². The Kier molecular flexibility index (Phi) is 3.02. The van der Waals surface area contributed by atoms with Crippen LogP contribution in [-0.4, -0.2) is 22.2 Å². The summed E-state index contributed by atoms with van der Waals surface area (Å²) >= 11 is 0. The lowest BCUT2D eigenvalue weighted by Crippen LogP contribution is -2.34. The number of rotatable bonds is 3. The summed E-state index contributed by atoms with van der Waals surface area (Å²) in [4.78, 5) is 22.9. The molecule has 84 valence electrons. The van der Waals surface area contributed by atoms with Gasteiger partial charge in [0.15, 0.2) is 0 Å². The third kappa shape index (κ3) is 2.29. The van der Waals surface area contributed by atoms with Crippen LogP contribution in [0.3, 0.4) is 0 Å². The highest BCUT2D eigenvalue weighted by atomic mass is 16.5. The molecule has 1 rings (SSSR count). The predicted octanol–water partition coefficient (Wildman–Crippen LogP) is 0.386. The maximum absolute atomic E-state index is 11.5. The summed E-state index contributed by atoms with van der Waals surface area (Å²) in [6, 6.07) is 0. The standard InChI is InChI=1S/C10H16N2O3/c1-10(2,8(13)15-4)7-12-6-5-11(3)9(12)14/h5-6H,7H2,1-4H3. The molecule has 0 aliphatic heterocycles. The van der Waals surface area contributed by atoms with Crippen molar-refractivity contribution in [2.45, 2.75) is 20.4 Å². The fourth-order valence-electron chi connectivity index (χ4n) is 1.40. The van der Waals surface area contributed by atoms with Crippen LogP contribution in [0.15, 0.2) is 17.2 Å². The summed E-state index contributed by atoms with van der Waals surface area (Å²) in [5, 5.41) is 0. The van der Waals surface area contributed by atoms with E-state index in [1.54, 1.807) is 33.3 Å². The van der Waals surface area contributed by atoms with Gasteiger partial charge in [0, 0.05) is 26.0 Å². The van der Waals surface area contributed by atoms with Crippen molar-refractivity contribution in [3.63, 3.8) is 0 Å². The minimum absolute atomic E-state index is 0.132. The van der Waals surface area contributed by atoms with E-state index in [0.29, 0.717) is 6.54 Å². The van der Waals surface area contributed by atoms with E-state index in [1.165, 1.54) is 16.2 Å². The minimum atomic E-state index is -0.695. The number of imidazole rings is 1. The molecule has 0 aliphatic rings. The van der Waals surface area contributed by atoms with Crippen molar-refractivity contribution < 1.29 is 9.53 Å². The second kappa shape index (κ2) is 3.92. The Bertz CT molecular complexity index is 415. The van der Waals surface area contributed by atoms with E-state index in [-0.39, 0.29) is 11.7 Å². The monoisotopic (exact) mass is 212 g/mol. The largest absolute Gasteiger partial charge is 0.469 e. The van der Waals surface area contributed by atoms with Gasteiger partial charge in [0.05, 0.1) is 12.5 Å². The van der Waals surface area contributed by atoms with Gasteiger partial charge in [-0.05, 0) is 13.8 Å². The van der Waals surface area contributed by atoms with Gasteiger partial charge in [0.2, 0.25) is 0 Å². The minimum Gasteiger partial charge on any atom is -0.469 e. The Labute approximate surface area is 88.3 Å². The van der Waals surface area contributed by atoms with Gasteiger partial charge in [0.25, 0.3) is 0 Å². The van der Waals surface area contributed by atoms with Gasteiger partial charge >= 0.3 is 11.7 Å². The summed E-state index contributed by atoms with van der Waals surface area (Å²) in [5.41, 5.74) is -0.827. The van der Waals surface area contributed by atoms with E-state index in [9.17, 15) is 9.59 Å². The number of nitrogens with zero attached hydrogens (tertiary/aromatic N) is 2. The first kappa shape index (κ1) is 11.6. The van der Waals surface area contributed by atoms with Crippen LogP contribution in [0.4, 0.5) is 0 Å². The molecule has 0 aromatic carbocycles. The molecule has 0 fully saturated rings. The highest BCUT2D eigenvalue weighted by Gasteiger charge is 2.29. The molecule has 15 heavy (non-hydrogen) atoms. The van der Waals surface area contributed by atoms with Crippen LogP contribution in [0.25, 0.3) is 0 Å². The number of aromatic nitrogens is 2. The molecule has 5 nitrogen and oxygen atoms in total. The van der Waals surface area contributed by atoms with Crippen LogP contribution in [0.5, 0.6) is 0 Å². The second-order valence-corrected chi connectivity index (χ2v) is 4.19. The number of aryl methyl sites for hydroxylation is 1. The lowest BCUT2D eigenvalue weighted by atomic mass is 9.94. The van der Waals surface area contributed by atoms with Gasteiger partial charge in [0.1, 0.15) is 0 Å². The molecule has 0 unspecified atom stereocenters. The van der Waals surface area contributed by atoms with Crippen molar-refractivity contribution in [2.75, 3.05) is 7.11 Å². The van der Waals surface area contributed by atoms with Crippen molar-refractivity contribution in [3.05, 3.63) is 22.9 Å². The molecule has 0 N–H and O–H groups in total. The van der Waals surface area contributed by atoms with Gasteiger partial charge in [-0.1, -0.05) is 0 Å². The lowest BCUT2D eigenvalue weighted by molar-refractivity contribution is -0.151. The van der Waals surface area contributed by atoms with E-state index in [0.717, 1.165) is 0 Å². The fraction of sp³-hybridized carbons (Fsp3) is 0.600. The third-order valence-corrected chi connectivity index (χ3v) is 2.32. The van der Waals surface area contributed by atoms with Crippen LogP contribution in [0.1, 0.15) is 13.8 Å². The average molecular weight is 212 g/mol. The van der Waals surface area contributed by atoms with Gasteiger partial charge in [-0.15, -0.1) is 0 Å². The number of hydrogen-bond donors (Lipinski definition) is 0. The first-order chi connectivity index (χ1) is 6.88. The highest BCUT2D eigenvalue weighted by Crippen LogP contribution is 2.18. The zero-order valence-corrected chi connectivity index (χ0v) is 9.48. The predicted molar refractivity (Wildman–Crippen MR) is 55.5 cm³/mol. The molecule has 1 aromatic rings. The molecular formula is C10H16N2O3. The Morgan fingerprint density at radius 3 is 2.47 bits per heavy atom. The maximum atomic E-state index is 11.5. The normalized spacial score (nSPS) is 11.5. The van der Waals surface area contributed by atoms with Crippen molar-refractivity contribution in [3.8, 4) is 0 Å². The van der Waals surface area contributed by atoms with E-state index in [1.807, 2.05) is 0 Å². The number of esters is 1. The van der Waals surface area contributed by atoms with E-state index >= 15 is 0 Å². The summed E-state index contributed by atoms with van der Waals surface area (Å²) in [5.74, 6) is -0.321. The summed E-state index contributed by atoms with van der Waals surface area (Å²) < 4.78 is 7.64. The van der Waals surface area contributed by atoms with Crippen molar-refractivity contribution in [2.24, 2.45) is 12.5 Å². The van der Waals surface area contributed by atoms with Crippen molar-refractivity contribution in [1.29, 1.82) is 0 Å². The Hall–Kier alpha value is -1.52. The average Bonchev–Trinajstić information content (AvgIpc) is 2.48. The second-order valence-electron chi connectivity index (χ2n) is 4.19. The molecule has 0 amide bonds. The van der Waals surface area contributed by atoms with Crippen molar-refractivity contribution >= 4 is 5.97 Å². The number of carbonyl (C=O) groups is 1. The fourth-order valence-corrected chi connectivity index (χ4v) is 1.40.